The summed E-state index contributed by atoms with van der Waals surface area (Å²) in [5, 5.41) is 0. The van der Waals surface area contributed by atoms with Gasteiger partial charge in [-0.25, -0.2) is 4.98 Å². The van der Waals surface area contributed by atoms with Gasteiger partial charge in [-0.1, -0.05) is 13.3 Å². The lowest BCUT2D eigenvalue weighted by atomic mass is 10.2. The Hall–Kier alpha value is -0.760. The lowest BCUT2D eigenvalue weighted by molar-refractivity contribution is 0.703. The van der Waals surface area contributed by atoms with Crippen LogP contribution in [0.4, 0.5) is 5.82 Å². The van der Waals surface area contributed by atoms with E-state index in [1.165, 1.54) is 31.2 Å². The maximum atomic E-state index is 5.93. The smallest absolute Gasteiger partial charge is 0.129 e. The summed E-state index contributed by atoms with van der Waals surface area (Å²) in [5.41, 5.74) is 2.25. The van der Waals surface area contributed by atoms with E-state index in [9.17, 15) is 0 Å². The van der Waals surface area contributed by atoms with E-state index in [2.05, 4.69) is 28.9 Å². The fourth-order valence-corrected chi connectivity index (χ4v) is 2.30. The van der Waals surface area contributed by atoms with Gasteiger partial charge in [-0.15, -0.1) is 11.6 Å². The lowest BCUT2D eigenvalue weighted by Gasteiger charge is -2.24. The van der Waals surface area contributed by atoms with Gasteiger partial charge in [0.05, 0.1) is 0 Å². The van der Waals surface area contributed by atoms with E-state index < -0.39 is 0 Å². The molecule has 17 heavy (non-hydrogen) atoms. The molecule has 0 bridgehead atoms. The fraction of sp³-hybridized carbons (Fsp3) is 0.643. The number of halogens is 1. The molecule has 0 amide bonds. The first-order valence-corrected chi connectivity index (χ1v) is 7.08. The van der Waals surface area contributed by atoms with E-state index in [0.29, 0.717) is 5.88 Å². The summed E-state index contributed by atoms with van der Waals surface area (Å²) in [6.07, 6.45) is 5.10. The van der Waals surface area contributed by atoms with Gasteiger partial charge >= 0.3 is 0 Å². The Labute approximate surface area is 109 Å². The maximum Gasteiger partial charge on any atom is 0.129 e. The van der Waals surface area contributed by atoms with Gasteiger partial charge in [-0.05, 0) is 43.9 Å². The zero-order valence-electron chi connectivity index (χ0n) is 10.7. The average molecular weight is 253 g/mol. The Morgan fingerprint density at radius 2 is 2.18 bits per heavy atom. The van der Waals surface area contributed by atoms with Crippen LogP contribution >= 0.6 is 11.6 Å². The minimum absolute atomic E-state index is 0.572. The van der Waals surface area contributed by atoms with Crippen molar-refractivity contribution < 1.29 is 0 Å². The molecule has 3 heteroatoms. The van der Waals surface area contributed by atoms with Crippen molar-refractivity contribution in [1.82, 2.24) is 4.98 Å². The second-order valence-corrected chi connectivity index (χ2v) is 5.15. The predicted molar refractivity (Wildman–Crippen MR) is 73.8 cm³/mol. The molecule has 0 spiro atoms. The van der Waals surface area contributed by atoms with Gasteiger partial charge in [0.25, 0.3) is 0 Å². The maximum absolute atomic E-state index is 5.93. The monoisotopic (exact) mass is 252 g/mol. The first kappa shape index (κ1) is 12.7. The van der Waals surface area contributed by atoms with Crippen molar-refractivity contribution in [2.75, 3.05) is 11.4 Å². The van der Waals surface area contributed by atoms with E-state index in [1.54, 1.807) is 0 Å². The molecule has 0 unspecified atom stereocenters. The summed E-state index contributed by atoms with van der Waals surface area (Å²) in [5.74, 6) is 1.69. The topological polar surface area (TPSA) is 16.1 Å². The lowest BCUT2D eigenvalue weighted by Crippen LogP contribution is -2.28. The quantitative estimate of drug-likeness (QED) is 0.714. The average Bonchev–Trinajstić information content (AvgIpc) is 3.13. The van der Waals surface area contributed by atoms with Crippen molar-refractivity contribution in [3.63, 3.8) is 0 Å². The zero-order chi connectivity index (χ0) is 12.3. The van der Waals surface area contributed by atoms with E-state index >= 15 is 0 Å². The molecule has 0 N–H and O–H groups in total. The van der Waals surface area contributed by atoms with Gasteiger partial charge < -0.3 is 4.90 Å². The van der Waals surface area contributed by atoms with Crippen LogP contribution in [0.25, 0.3) is 0 Å². The number of unbranched alkanes of at least 4 members (excludes halogenated alkanes) is 1. The SMILES string of the molecule is CCCCN(c1cc(CCl)cc(C)n1)C1CC1. The van der Waals surface area contributed by atoms with Gasteiger partial charge in [-0.3, -0.25) is 0 Å². The molecular formula is C14H21ClN2. The van der Waals surface area contributed by atoms with E-state index in [-0.39, 0.29) is 0 Å². The number of nitrogens with zero attached hydrogens (tertiary/aromatic N) is 2. The second kappa shape index (κ2) is 5.72. The highest BCUT2D eigenvalue weighted by Crippen LogP contribution is 2.31. The molecule has 1 fully saturated rings. The van der Waals surface area contributed by atoms with Crippen LogP contribution in [0.2, 0.25) is 0 Å². The molecule has 2 nitrogen and oxygen atoms in total. The summed E-state index contributed by atoms with van der Waals surface area (Å²) in [6.45, 7) is 5.41. The first-order chi connectivity index (χ1) is 8.24. The van der Waals surface area contributed by atoms with Crippen LogP contribution in [-0.2, 0) is 5.88 Å². The van der Waals surface area contributed by atoms with Crippen LogP contribution in [0.3, 0.4) is 0 Å². The summed E-state index contributed by atoms with van der Waals surface area (Å²) in [7, 11) is 0. The summed E-state index contributed by atoms with van der Waals surface area (Å²) < 4.78 is 0. The second-order valence-electron chi connectivity index (χ2n) is 4.89. The van der Waals surface area contributed by atoms with Crippen LogP contribution < -0.4 is 4.90 Å². The minimum Gasteiger partial charge on any atom is -0.354 e. The van der Waals surface area contributed by atoms with Crippen molar-refractivity contribution in [2.45, 2.75) is 51.5 Å². The Morgan fingerprint density at radius 1 is 1.41 bits per heavy atom. The molecule has 1 heterocycles. The van der Waals surface area contributed by atoms with Crippen LogP contribution in [-0.4, -0.2) is 17.6 Å². The molecule has 1 aliphatic carbocycles. The minimum atomic E-state index is 0.572. The number of hydrogen-bond donors (Lipinski definition) is 0. The molecule has 1 aromatic heterocycles. The number of rotatable bonds is 6. The third kappa shape index (κ3) is 3.35. The number of alkyl halides is 1. The Morgan fingerprint density at radius 3 is 2.76 bits per heavy atom. The molecule has 94 valence electrons. The van der Waals surface area contributed by atoms with E-state index in [4.69, 9.17) is 11.6 Å². The number of hydrogen-bond acceptors (Lipinski definition) is 2. The standard InChI is InChI=1S/C14H21ClN2/c1-3-4-7-17(13-5-6-13)14-9-12(10-15)8-11(2)16-14/h8-9,13H,3-7,10H2,1-2H3. The Bertz CT molecular complexity index is 374. The van der Waals surface area contributed by atoms with E-state index in [0.717, 1.165) is 24.1 Å². The fourth-order valence-electron chi connectivity index (χ4n) is 2.14. The number of aromatic nitrogens is 1. The molecule has 0 atom stereocenters. The summed E-state index contributed by atoms with van der Waals surface area (Å²) in [6, 6.07) is 4.94. The van der Waals surface area contributed by atoms with Gasteiger partial charge in [0.2, 0.25) is 0 Å². The zero-order valence-corrected chi connectivity index (χ0v) is 11.5. The van der Waals surface area contributed by atoms with Crippen molar-refractivity contribution in [1.29, 1.82) is 0 Å². The first-order valence-electron chi connectivity index (χ1n) is 6.54. The summed E-state index contributed by atoms with van der Waals surface area (Å²) in [4.78, 5) is 7.13. The van der Waals surface area contributed by atoms with Crippen LogP contribution in [0, 0.1) is 6.92 Å². The number of pyridine rings is 1. The highest BCUT2D eigenvalue weighted by atomic mass is 35.5. The largest absolute Gasteiger partial charge is 0.354 e. The molecule has 1 aromatic rings. The molecule has 0 radical (unpaired) electrons. The van der Waals surface area contributed by atoms with Gasteiger partial charge in [0.15, 0.2) is 0 Å². The van der Waals surface area contributed by atoms with E-state index in [1.807, 2.05) is 6.92 Å². The van der Waals surface area contributed by atoms with Gasteiger partial charge in [0, 0.05) is 24.2 Å². The molecule has 2 rings (SSSR count). The normalized spacial score (nSPS) is 15.0. The Balaban J connectivity index is 2.18. The third-order valence-corrected chi connectivity index (χ3v) is 3.50. The highest BCUT2D eigenvalue weighted by Gasteiger charge is 2.29. The van der Waals surface area contributed by atoms with Crippen molar-refractivity contribution in [3.8, 4) is 0 Å². The molecule has 0 aliphatic heterocycles. The summed E-state index contributed by atoms with van der Waals surface area (Å²) >= 11 is 5.93. The predicted octanol–water partition coefficient (Wildman–Crippen LogP) is 3.90. The van der Waals surface area contributed by atoms with Gasteiger partial charge in [-0.2, -0.15) is 0 Å². The molecular weight excluding hydrogens is 232 g/mol. The number of anilines is 1. The molecule has 0 aromatic carbocycles. The number of aryl methyl sites for hydroxylation is 1. The van der Waals surface area contributed by atoms with Crippen molar-refractivity contribution >= 4 is 17.4 Å². The van der Waals surface area contributed by atoms with Gasteiger partial charge in [0.1, 0.15) is 5.82 Å². The van der Waals surface area contributed by atoms with Crippen molar-refractivity contribution in [2.24, 2.45) is 0 Å². The third-order valence-electron chi connectivity index (χ3n) is 3.19. The van der Waals surface area contributed by atoms with Crippen LogP contribution in [0.1, 0.15) is 43.9 Å². The highest BCUT2D eigenvalue weighted by molar-refractivity contribution is 6.17. The Kier molecular flexibility index (Phi) is 4.27. The molecule has 1 saturated carbocycles. The van der Waals surface area contributed by atoms with Crippen LogP contribution in [0.5, 0.6) is 0 Å². The molecule has 0 saturated heterocycles. The molecule has 1 aliphatic rings. The van der Waals surface area contributed by atoms with Crippen molar-refractivity contribution in [3.05, 3.63) is 23.4 Å². The van der Waals surface area contributed by atoms with Crippen LogP contribution in [0.15, 0.2) is 12.1 Å².